The number of nitrogens with zero attached hydrogens (tertiary/aromatic N) is 1. The Morgan fingerprint density at radius 2 is 1.53 bits per heavy atom. The normalized spacial score (nSPS) is 10.6. The van der Waals surface area contributed by atoms with Crippen molar-refractivity contribution in [3.05, 3.63) is 72.3 Å². The number of carbonyl (C=O) groups is 2. The molecule has 0 spiro atoms. The lowest BCUT2D eigenvalue weighted by atomic mass is 10.1. The topological polar surface area (TPSA) is 58.6 Å². The molecule has 1 N–H and O–H groups in total. The zero-order valence-corrected chi connectivity index (χ0v) is 17.6. The minimum atomic E-state index is -0.249. The van der Waals surface area contributed by atoms with Crippen LogP contribution in [0, 0.1) is 0 Å². The number of ether oxygens (including phenoxy) is 1. The van der Waals surface area contributed by atoms with E-state index in [-0.39, 0.29) is 18.4 Å². The van der Waals surface area contributed by atoms with Crippen LogP contribution in [0.25, 0.3) is 10.8 Å². The van der Waals surface area contributed by atoms with Gasteiger partial charge in [0.2, 0.25) is 0 Å². The van der Waals surface area contributed by atoms with Crippen LogP contribution in [-0.2, 0) is 4.79 Å². The summed E-state index contributed by atoms with van der Waals surface area (Å²) in [5, 5.41) is 5.00. The Labute approximate surface area is 177 Å². The van der Waals surface area contributed by atoms with Gasteiger partial charge in [0.1, 0.15) is 5.75 Å². The second-order valence-electron chi connectivity index (χ2n) is 7.22. The maximum atomic E-state index is 12.6. The maximum Gasteiger partial charge on any atom is 0.262 e. The van der Waals surface area contributed by atoms with Gasteiger partial charge in [-0.25, -0.2) is 0 Å². The molecule has 3 rings (SSSR count). The largest absolute Gasteiger partial charge is 0.484 e. The first-order valence-corrected chi connectivity index (χ1v) is 10.4. The average molecular weight is 405 g/mol. The van der Waals surface area contributed by atoms with E-state index in [9.17, 15) is 9.59 Å². The van der Waals surface area contributed by atoms with Crippen LogP contribution in [-0.4, -0.2) is 36.4 Å². The molecule has 0 aliphatic carbocycles. The summed E-state index contributed by atoms with van der Waals surface area (Å²) in [5.74, 6) is 0.425. The van der Waals surface area contributed by atoms with Crippen LogP contribution in [0.15, 0.2) is 66.7 Å². The van der Waals surface area contributed by atoms with Gasteiger partial charge < -0.3 is 15.0 Å². The molecular weight excluding hydrogens is 376 g/mol. The summed E-state index contributed by atoms with van der Waals surface area (Å²) < 4.78 is 5.62. The van der Waals surface area contributed by atoms with Crippen molar-refractivity contribution in [3.63, 3.8) is 0 Å². The second kappa shape index (κ2) is 10.4. The van der Waals surface area contributed by atoms with Crippen molar-refractivity contribution < 1.29 is 14.3 Å². The van der Waals surface area contributed by atoms with Gasteiger partial charge in [-0.1, -0.05) is 44.2 Å². The molecule has 0 aromatic heterocycles. The van der Waals surface area contributed by atoms with E-state index in [4.69, 9.17) is 4.74 Å². The van der Waals surface area contributed by atoms with Crippen molar-refractivity contribution in [3.8, 4) is 5.75 Å². The molecule has 3 aromatic rings. The fraction of sp³-hybridized carbons (Fsp3) is 0.280. The predicted molar refractivity (Wildman–Crippen MR) is 121 cm³/mol. The molecule has 5 nitrogen and oxygen atoms in total. The van der Waals surface area contributed by atoms with E-state index in [1.54, 1.807) is 24.3 Å². The van der Waals surface area contributed by atoms with Gasteiger partial charge >= 0.3 is 0 Å². The molecular formula is C25H28N2O3. The second-order valence-corrected chi connectivity index (χ2v) is 7.22. The van der Waals surface area contributed by atoms with Gasteiger partial charge in [0.15, 0.2) is 6.61 Å². The molecule has 0 saturated carbocycles. The van der Waals surface area contributed by atoms with Crippen molar-refractivity contribution in [2.45, 2.75) is 26.7 Å². The van der Waals surface area contributed by atoms with Gasteiger partial charge in [-0.05, 0) is 60.0 Å². The van der Waals surface area contributed by atoms with Crippen LogP contribution in [0.4, 0.5) is 5.69 Å². The van der Waals surface area contributed by atoms with Gasteiger partial charge in [0.25, 0.3) is 11.8 Å². The summed E-state index contributed by atoms with van der Waals surface area (Å²) in [7, 11) is 0. The van der Waals surface area contributed by atoms with Gasteiger partial charge in [-0.15, -0.1) is 0 Å². The summed E-state index contributed by atoms with van der Waals surface area (Å²) in [4.78, 5) is 26.7. The molecule has 0 heterocycles. The summed E-state index contributed by atoms with van der Waals surface area (Å²) in [6.45, 7) is 5.54. The van der Waals surface area contributed by atoms with Crippen LogP contribution in [0.2, 0.25) is 0 Å². The first-order chi connectivity index (χ1) is 14.6. The van der Waals surface area contributed by atoms with E-state index in [0.717, 1.165) is 36.7 Å². The van der Waals surface area contributed by atoms with Crippen molar-refractivity contribution in [2.24, 2.45) is 0 Å². The molecule has 30 heavy (non-hydrogen) atoms. The van der Waals surface area contributed by atoms with Crippen LogP contribution in [0.1, 0.15) is 37.0 Å². The van der Waals surface area contributed by atoms with E-state index in [1.807, 2.05) is 47.4 Å². The van der Waals surface area contributed by atoms with E-state index in [1.165, 1.54) is 0 Å². The Bertz CT molecular complexity index is 993. The third kappa shape index (κ3) is 5.60. The van der Waals surface area contributed by atoms with Gasteiger partial charge in [0, 0.05) is 24.3 Å². The lowest BCUT2D eigenvalue weighted by molar-refractivity contribution is -0.118. The van der Waals surface area contributed by atoms with Gasteiger partial charge in [-0.3, -0.25) is 9.59 Å². The highest BCUT2D eigenvalue weighted by molar-refractivity contribution is 5.96. The summed E-state index contributed by atoms with van der Waals surface area (Å²) >= 11 is 0. The Kier molecular flexibility index (Phi) is 7.44. The molecule has 0 fully saturated rings. The highest BCUT2D eigenvalue weighted by Crippen LogP contribution is 2.20. The third-order valence-electron chi connectivity index (χ3n) is 4.78. The number of nitrogens with one attached hydrogen (secondary N) is 1. The van der Waals surface area contributed by atoms with Gasteiger partial charge in [-0.2, -0.15) is 0 Å². The van der Waals surface area contributed by atoms with Crippen LogP contribution in [0.5, 0.6) is 5.75 Å². The minimum Gasteiger partial charge on any atom is -0.484 e. The Morgan fingerprint density at radius 1 is 0.867 bits per heavy atom. The zero-order valence-electron chi connectivity index (χ0n) is 17.6. The number of carbonyl (C=O) groups excluding carboxylic acids is 2. The monoisotopic (exact) mass is 404 g/mol. The number of hydrogen-bond donors (Lipinski definition) is 1. The van der Waals surface area contributed by atoms with Gasteiger partial charge in [0.05, 0.1) is 0 Å². The first kappa shape index (κ1) is 21.4. The molecule has 0 atom stereocenters. The molecule has 0 unspecified atom stereocenters. The zero-order chi connectivity index (χ0) is 21.3. The minimum absolute atomic E-state index is 0.0243. The number of amides is 2. The Balaban J connectivity index is 1.55. The van der Waals surface area contributed by atoms with Crippen LogP contribution in [0.3, 0.4) is 0 Å². The molecule has 2 amide bonds. The average Bonchev–Trinajstić information content (AvgIpc) is 2.77. The summed E-state index contributed by atoms with van der Waals surface area (Å²) in [6.07, 6.45) is 1.86. The third-order valence-corrected chi connectivity index (χ3v) is 4.78. The fourth-order valence-corrected chi connectivity index (χ4v) is 3.34. The molecule has 156 valence electrons. The van der Waals surface area contributed by atoms with Crippen molar-refractivity contribution in [1.29, 1.82) is 0 Å². The number of fused-ring (bicyclic) bond motifs is 1. The summed E-state index contributed by atoms with van der Waals surface area (Å²) in [5.41, 5.74) is 1.26. The number of rotatable bonds is 9. The molecule has 0 aliphatic rings. The fourth-order valence-electron chi connectivity index (χ4n) is 3.34. The predicted octanol–water partition coefficient (Wildman–Crippen LogP) is 5.12. The van der Waals surface area contributed by atoms with Crippen LogP contribution < -0.4 is 10.1 Å². The Morgan fingerprint density at radius 3 is 2.20 bits per heavy atom. The van der Waals surface area contributed by atoms with Crippen molar-refractivity contribution in [1.82, 2.24) is 4.90 Å². The van der Waals surface area contributed by atoms with E-state index >= 15 is 0 Å². The molecule has 3 aromatic carbocycles. The van der Waals surface area contributed by atoms with E-state index in [2.05, 4.69) is 19.2 Å². The molecule has 0 saturated heterocycles. The quantitative estimate of drug-likeness (QED) is 0.538. The lowest BCUT2D eigenvalue weighted by Crippen LogP contribution is -2.32. The summed E-state index contributed by atoms with van der Waals surface area (Å²) in [6, 6.07) is 20.7. The van der Waals surface area contributed by atoms with Crippen molar-refractivity contribution >= 4 is 28.3 Å². The standard InChI is InChI=1S/C25H28N2O3/c1-3-15-27(16-4-2)25(29)20-9-12-22(13-10-20)26-24(28)18-30-23-14-11-19-7-5-6-8-21(19)17-23/h5-14,17H,3-4,15-16,18H2,1-2H3,(H,26,28). The smallest absolute Gasteiger partial charge is 0.262 e. The number of benzene rings is 3. The first-order valence-electron chi connectivity index (χ1n) is 10.4. The number of anilines is 1. The van der Waals surface area contributed by atoms with E-state index < -0.39 is 0 Å². The highest BCUT2D eigenvalue weighted by atomic mass is 16.5. The lowest BCUT2D eigenvalue weighted by Gasteiger charge is -2.21. The van der Waals surface area contributed by atoms with Crippen molar-refractivity contribution in [2.75, 3.05) is 25.0 Å². The molecule has 5 heteroatoms. The highest BCUT2D eigenvalue weighted by Gasteiger charge is 2.14. The SMILES string of the molecule is CCCN(CCC)C(=O)c1ccc(NC(=O)COc2ccc3ccccc3c2)cc1. The molecule has 0 aliphatic heterocycles. The maximum absolute atomic E-state index is 12.6. The number of hydrogen-bond acceptors (Lipinski definition) is 3. The van der Waals surface area contributed by atoms with Crippen LogP contribution >= 0.6 is 0 Å². The molecule has 0 bridgehead atoms. The Hall–Kier alpha value is -3.34. The van der Waals surface area contributed by atoms with E-state index in [0.29, 0.717) is 17.0 Å². The molecule has 0 radical (unpaired) electrons.